The number of aryl methyl sites for hydroxylation is 1. The van der Waals surface area contributed by atoms with Crippen LogP contribution in [0.1, 0.15) is 11.3 Å². The van der Waals surface area contributed by atoms with E-state index >= 15 is 0 Å². The van der Waals surface area contributed by atoms with Crippen LogP contribution in [0.3, 0.4) is 0 Å². The maximum Gasteiger partial charge on any atom is 0.341 e. The lowest BCUT2D eigenvalue weighted by Gasteiger charge is -2.13. The first-order chi connectivity index (χ1) is 13.5. The lowest BCUT2D eigenvalue weighted by molar-refractivity contribution is -0.139. The summed E-state index contributed by atoms with van der Waals surface area (Å²) in [6.07, 6.45) is 0. The molecular formula is C20H18ClNO5S. The predicted octanol–water partition coefficient (Wildman–Crippen LogP) is 5.07. The average Bonchev–Trinajstić information content (AvgIpc) is 3.15. The van der Waals surface area contributed by atoms with E-state index in [0.29, 0.717) is 28.0 Å². The van der Waals surface area contributed by atoms with Crippen molar-refractivity contribution in [1.29, 1.82) is 0 Å². The molecule has 0 saturated carbocycles. The van der Waals surface area contributed by atoms with Crippen molar-refractivity contribution in [3.63, 3.8) is 0 Å². The molecule has 1 aromatic heterocycles. The minimum absolute atomic E-state index is 0.400. The Morgan fingerprint density at radius 2 is 1.96 bits per heavy atom. The van der Waals surface area contributed by atoms with E-state index in [1.165, 1.54) is 0 Å². The van der Waals surface area contributed by atoms with Gasteiger partial charge in [-0.1, -0.05) is 16.8 Å². The summed E-state index contributed by atoms with van der Waals surface area (Å²) in [5.74, 6) is 1.32. The van der Waals surface area contributed by atoms with Gasteiger partial charge in [-0.25, -0.2) is 4.79 Å². The van der Waals surface area contributed by atoms with E-state index in [-0.39, 0.29) is 0 Å². The Balaban J connectivity index is 1.71. The Bertz CT molecular complexity index is 971. The quantitative estimate of drug-likeness (QED) is 0.510. The number of thioether (sulfide) groups is 1. The number of methoxy groups -OCH3 is 1. The summed E-state index contributed by atoms with van der Waals surface area (Å²) >= 11 is 7.45. The molecule has 0 atom stereocenters. The first kappa shape index (κ1) is 20.1. The zero-order valence-corrected chi connectivity index (χ0v) is 16.8. The Kier molecular flexibility index (Phi) is 6.49. The standard InChI is InChI=1S/C20H18ClNO5S/c1-12-7-19(18(25-2)9-16(12)26-10-20(23)24)28-11-15-8-17(27-22-15)13-3-5-14(21)6-4-13/h3-9H,10-11H2,1-2H3,(H,23,24). The van der Waals surface area contributed by atoms with Gasteiger partial charge in [-0.15, -0.1) is 11.8 Å². The van der Waals surface area contributed by atoms with E-state index in [1.54, 1.807) is 37.1 Å². The Morgan fingerprint density at radius 1 is 1.21 bits per heavy atom. The summed E-state index contributed by atoms with van der Waals surface area (Å²) in [7, 11) is 1.56. The number of aliphatic carboxylic acids is 1. The third-order valence-corrected chi connectivity index (χ3v) is 5.20. The molecule has 6 nitrogen and oxygen atoms in total. The fourth-order valence-electron chi connectivity index (χ4n) is 2.49. The van der Waals surface area contributed by atoms with Gasteiger partial charge >= 0.3 is 5.97 Å². The van der Waals surface area contributed by atoms with Gasteiger partial charge in [0.2, 0.25) is 0 Å². The van der Waals surface area contributed by atoms with E-state index in [2.05, 4.69) is 5.16 Å². The van der Waals surface area contributed by atoms with Crippen LogP contribution in [0, 0.1) is 6.92 Å². The fraction of sp³-hybridized carbons (Fsp3) is 0.200. The SMILES string of the molecule is COc1cc(OCC(=O)O)c(C)cc1SCc1cc(-c2ccc(Cl)cc2)on1. The number of carboxylic acid groups (broad SMARTS) is 1. The van der Waals surface area contributed by atoms with Gasteiger partial charge in [0, 0.05) is 28.5 Å². The first-order valence-corrected chi connectivity index (χ1v) is 9.70. The van der Waals surface area contributed by atoms with Crippen molar-refractivity contribution in [3.8, 4) is 22.8 Å². The Morgan fingerprint density at radius 3 is 2.64 bits per heavy atom. The second kappa shape index (κ2) is 9.03. The highest BCUT2D eigenvalue weighted by Gasteiger charge is 2.13. The van der Waals surface area contributed by atoms with Crippen LogP contribution < -0.4 is 9.47 Å². The van der Waals surface area contributed by atoms with Crippen LogP contribution in [0.25, 0.3) is 11.3 Å². The zero-order chi connectivity index (χ0) is 20.1. The van der Waals surface area contributed by atoms with Crippen molar-refractivity contribution < 1.29 is 23.9 Å². The first-order valence-electron chi connectivity index (χ1n) is 8.34. The highest BCUT2D eigenvalue weighted by Crippen LogP contribution is 2.37. The van der Waals surface area contributed by atoms with Gasteiger partial charge in [0.25, 0.3) is 0 Å². The van der Waals surface area contributed by atoms with Crippen LogP contribution in [0.4, 0.5) is 0 Å². The van der Waals surface area contributed by atoms with Crippen molar-refractivity contribution >= 4 is 29.3 Å². The number of benzene rings is 2. The molecule has 3 rings (SSSR count). The number of aromatic nitrogens is 1. The lowest BCUT2D eigenvalue weighted by Crippen LogP contribution is -2.10. The van der Waals surface area contributed by atoms with E-state index in [1.807, 2.05) is 31.2 Å². The lowest BCUT2D eigenvalue weighted by atomic mass is 10.2. The molecule has 8 heteroatoms. The number of ether oxygens (including phenoxy) is 2. The van der Waals surface area contributed by atoms with E-state index in [4.69, 9.17) is 30.7 Å². The third-order valence-electron chi connectivity index (χ3n) is 3.88. The van der Waals surface area contributed by atoms with Gasteiger partial charge in [0.05, 0.1) is 17.7 Å². The molecule has 0 bridgehead atoms. The summed E-state index contributed by atoms with van der Waals surface area (Å²) < 4.78 is 16.1. The second-order valence-corrected chi connectivity index (χ2v) is 7.38. The topological polar surface area (TPSA) is 81.8 Å². The maximum absolute atomic E-state index is 10.7. The molecule has 0 spiro atoms. The number of hydrogen-bond donors (Lipinski definition) is 1. The summed E-state index contributed by atoms with van der Waals surface area (Å²) in [6.45, 7) is 1.46. The molecule has 0 aliphatic carbocycles. The van der Waals surface area contributed by atoms with Gasteiger partial charge in [0.15, 0.2) is 12.4 Å². The zero-order valence-electron chi connectivity index (χ0n) is 15.3. The number of rotatable bonds is 8. The second-order valence-electron chi connectivity index (χ2n) is 5.93. The van der Waals surface area contributed by atoms with Crippen LogP contribution in [0.5, 0.6) is 11.5 Å². The maximum atomic E-state index is 10.7. The molecule has 146 valence electrons. The largest absolute Gasteiger partial charge is 0.495 e. The molecule has 0 aliphatic heterocycles. The summed E-state index contributed by atoms with van der Waals surface area (Å²) in [5.41, 5.74) is 2.52. The molecule has 0 unspecified atom stereocenters. The van der Waals surface area contributed by atoms with Crippen LogP contribution in [-0.2, 0) is 10.5 Å². The molecule has 28 heavy (non-hydrogen) atoms. The molecule has 1 heterocycles. The number of hydrogen-bond acceptors (Lipinski definition) is 6. The molecule has 3 aromatic rings. The number of carboxylic acids is 1. The Hall–Kier alpha value is -2.64. The van der Waals surface area contributed by atoms with E-state index < -0.39 is 12.6 Å². The van der Waals surface area contributed by atoms with Gasteiger partial charge in [-0.3, -0.25) is 0 Å². The minimum Gasteiger partial charge on any atom is -0.495 e. The smallest absolute Gasteiger partial charge is 0.341 e. The van der Waals surface area contributed by atoms with Crippen molar-refractivity contribution in [1.82, 2.24) is 5.16 Å². The van der Waals surface area contributed by atoms with Crippen LogP contribution in [0.15, 0.2) is 51.9 Å². The van der Waals surface area contributed by atoms with Gasteiger partial charge in [-0.05, 0) is 42.8 Å². The number of carbonyl (C=O) groups is 1. The van der Waals surface area contributed by atoms with Gasteiger partial charge in [-0.2, -0.15) is 0 Å². The molecule has 2 aromatic carbocycles. The molecule has 1 N–H and O–H groups in total. The van der Waals surface area contributed by atoms with Crippen molar-refractivity contribution in [2.24, 2.45) is 0 Å². The Labute approximate surface area is 171 Å². The van der Waals surface area contributed by atoms with Crippen molar-refractivity contribution in [3.05, 3.63) is 58.7 Å². The highest BCUT2D eigenvalue weighted by molar-refractivity contribution is 7.98. The highest BCUT2D eigenvalue weighted by atomic mass is 35.5. The fourth-order valence-corrected chi connectivity index (χ4v) is 3.60. The monoisotopic (exact) mass is 419 g/mol. The van der Waals surface area contributed by atoms with Crippen LogP contribution in [0.2, 0.25) is 5.02 Å². The van der Waals surface area contributed by atoms with Crippen LogP contribution >= 0.6 is 23.4 Å². The van der Waals surface area contributed by atoms with Crippen molar-refractivity contribution in [2.75, 3.05) is 13.7 Å². The molecule has 0 radical (unpaired) electrons. The molecule has 0 saturated heterocycles. The van der Waals surface area contributed by atoms with E-state index in [0.717, 1.165) is 21.7 Å². The third kappa shape index (κ3) is 4.99. The molecule has 0 aliphatic rings. The molecular weight excluding hydrogens is 402 g/mol. The van der Waals surface area contributed by atoms with E-state index in [9.17, 15) is 4.79 Å². The predicted molar refractivity (Wildman–Crippen MR) is 107 cm³/mol. The van der Waals surface area contributed by atoms with Crippen molar-refractivity contribution in [2.45, 2.75) is 17.6 Å². The molecule has 0 amide bonds. The number of nitrogens with zero attached hydrogens (tertiary/aromatic N) is 1. The van der Waals surface area contributed by atoms with Gasteiger partial charge in [0.1, 0.15) is 11.5 Å². The summed E-state index contributed by atoms with van der Waals surface area (Å²) in [5, 5.41) is 13.6. The van der Waals surface area contributed by atoms with Crippen LogP contribution in [-0.4, -0.2) is 29.9 Å². The summed E-state index contributed by atoms with van der Waals surface area (Å²) in [6, 6.07) is 12.8. The minimum atomic E-state index is -1.03. The number of halogens is 1. The van der Waals surface area contributed by atoms with Gasteiger partial charge < -0.3 is 19.1 Å². The molecule has 0 fully saturated rings. The average molecular weight is 420 g/mol. The normalized spacial score (nSPS) is 10.7. The summed E-state index contributed by atoms with van der Waals surface area (Å²) in [4.78, 5) is 11.6.